The summed E-state index contributed by atoms with van der Waals surface area (Å²) in [6.45, 7) is 5.42. The predicted octanol–water partition coefficient (Wildman–Crippen LogP) is 3.94. The van der Waals surface area contributed by atoms with Gasteiger partial charge in [-0.3, -0.25) is 4.79 Å². The maximum Gasteiger partial charge on any atom is 0.198 e. The van der Waals surface area contributed by atoms with Crippen LogP contribution < -0.4 is 0 Å². The molecule has 0 aromatic heterocycles. The van der Waals surface area contributed by atoms with E-state index in [1.807, 2.05) is 6.08 Å². The van der Waals surface area contributed by atoms with E-state index in [0.29, 0.717) is 19.6 Å². The summed E-state index contributed by atoms with van der Waals surface area (Å²) in [6.07, 6.45) is 10.8. The zero-order valence-corrected chi connectivity index (χ0v) is 12.7. The van der Waals surface area contributed by atoms with E-state index in [1.165, 1.54) is 5.57 Å². The number of hydrogen-bond acceptors (Lipinski definition) is 3. The van der Waals surface area contributed by atoms with Gasteiger partial charge in [0.05, 0.1) is 13.2 Å². The van der Waals surface area contributed by atoms with Gasteiger partial charge in [0.25, 0.3) is 0 Å². The molecule has 2 aliphatic rings. The first-order chi connectivity index (χ1) is 9.64. The summed E-state index contributed by atoms with van der Waals surface area (Å²) in [7, 11) is 0. The quantitative estimate of drug-likeness (QED) is 0.545. The van der Waals surface area contributed by atoms with Crippen molar-refractivity contribution < 1.29 is 14.3 Å². The Morgan fingerprint density at radius 2 is 2.05 bits per heavy atom. The van der Waals surface area contributed by atoms with Crippen molar-refractivity contribution >= 4 is 5.78 Å². The average Bonchev–Trinajstić information content (AvgIpc) is 2.87. The fraction of sp³-hybridized carbons (Fsp3) is 0.706. The van der Waals surface area contributed by atoms with Crippen molar-refractivity contribution in [1.82, 2.24) is 0 Å². The van der Waals surface area contributed by atoms with Crippen molar-refractivity contribution in [3.63, 3.8) is 0 Å². The van der Waals surface area contributed by atoms with Crippen LogP contribution in [-0.4, -0.2) is 24.8 Å². The summed E-state index contributed by atoms with van der Waals surface area (Å²) < 4.78 is 11.5. The summed E-state index contributed by atoms with van der Waals surface area (Å²) in [4.78, 5) is 12.4. The molecule has 1 heterocycles. The topological polar surface area (TPSA) is 35.5 Å². The molecule has 0 unspecified atom stereocenters. The number of unbranched alkanes of at least 4 members (excludes halogenated alkanes) is 2. The van der Waals surface area contributed by atoms with Crippen LogP contribution in [-0.2, 0) is 14.3 Å². The molecule has 1 aliphatic carbocycles. The Balaban J connectivity index is 1.84. The minimum absolute atomic E-state index is 0.212. The predicted molar refractivity (Wildman–Crippen MR) is 79.5 cm³/mol. The van der Waals surface area contributed by atoms with Gasteiger partial charge in [-0.2, -0.15) is 0 Å². The lowest BCUT2D eigenvalue weighted by Crippen LogP contribution is -2.38. The smallest absolute Gasteiger partial charge is 0.198 e. The minimum atomic E-state index is -0.699. The molecule has 0 radical (unpaired) electrons. The number of carbonyl (C=O) groups is 1. The Labute approximate surface area is 122 Å². The van der Waals surface area contributed by atoms with Gasteiger partial charge in [0.2, 0.25) is 0 Å². The second-order valence-electron chi connectivity index (χ2n) is 5.91. The number of ketones is 1. The Bertz CT molecular complexity index is 396. The van der Waals surface area contributed by atoms with E-state index in [0.717, 1.165) is 44.1 Å². The lowest BCUT2D eigenvalue weighted by molar-refractivity contribution is -0.146. The summed E-state index contributed by atoms with van der Waals surface area (Å²) in [5, 5.41) is 0. The first-order valence-electron chi connectivity index (χ1n) is 7.79. The maximum absolute atomic E-state index is 12.4. The lowest BCUT2D eigenvalue weighted by atomic mass is 9.88. The second-order valence-corrected chi connectivity index (χ2v) is 5.91. The van der Waals surface area contributed by atoms with E-state index in [2.05, 4.69) is 19.9 Å². The van der Waals surface area contributed by atoms with Gasteiger partial charge in [0.15, 0.2) is 11.6 Å². The highest BCUT2D eigenvalue weighted by Gasteiger charge is 2.44. The van der Waals surface area contributed by atoms with Crippen molar-refractivity contribution in [2.75, 3.05) is 13.2 Å². The van der Waals surface area contributed by atoms with Crippen LogP contribution in [0.5, 0.6) is 0 Å². The summed E-state index contributed by atoms with van der Waals surface area (Å²) in [5.74, 6) is -0.487. The van der Waals surface area contributed by atoms with Crippen LogP contribution in [0.4, 0.5) is 0 Å². The molecule has 0 N–H and O–H groups in total. The highest BCUT2D eigenvalue weighted by Crippen LogP contribution is 2.38. The van der Waals surface area contributed by atoms with Crippen LogP contribution in [0, 0.1) is 0 Å². The number of Topliss-reactive ketones (excluding diaryl/α,β-unsaturated/α-hetero) is 1. The number of ether oxygens (including phenoxy) is 2. The van der Waals surface area contributed by atoms with E-state index >= 15 is 0 Å². The molecule has 3 heteroatoms. The Kier molecular flexibility index (Phi) is 5.55. The van der Waals surface area contributed by atoms with Gasteiger partial charge in [0, 0.05) is 18.4 Å². The summed E-state index contributed by atoms with van der Waals surface area (Å²) in [6, 6.07) is 0. The van der Waals surface area contributed by atoms with Crippen molar-refractivity contribution in [3.8, 4) is 0 Å². The van der Waals surface area contributed by atoms with Crippen LogP contribution in [0.25, 0.3) is 0 Å². The summed E-state index contributed by atoms with van der Waals surface area (Å²) >= 11 is 0. The van der Waals surface area contributed by atoms with Gasteiger partial charge >= 0.3 is 0 Å². The third-order valence-corrected chi connectivity index (χ3v) is 3.93. The van der Waals surface area contributed by atoms with Crippen molar-refractivity contribution in [2.24, 2.45) is 0 Å². The first kappa shape index (κ1) is 15.5. The zero-order chi connectivity index (χ0) is 14.4. The van der Waals surface area contributed by atoms with Crippen LogP contribution in [0.3, 0.4) is 0 Å². The Morgan fingerprint density at radius 1 is 1.30 bits per heavy atom. The van der Waals surface area contributed by atoms with E-state index in [4.69, 9.17) is 9.47 Å². The zero-order valence-electron chi connectivity index (χ0n) is 12.7. The van der Waals surface area contributed by atoms with Crippen molar-refractivity contribution in [3.05, 3.63) is 23.3 Å². The third kappa shape index (κ3) is 3.80. The molecule has 3 nitrogen and oxygen atoms in total. The molecule has 0 atom stereocenters. The summed E-state index contributed by atoms with van der Waals surface area (Å²) in [5.41, 5.74) is 2.13. The molecule has 0 amide bonds. The molecule has 0 saturated carbocycles. The van der Waals surface area contributed by atoms with Crippen LogP contribution >= 0.6 is 0 Å². The first-order valence-corrected chi connectivity index (χ1v) is 7.79. The highest BCUT2D eigenvalue weighted by atomic mass is 16.7. The van der Waals surface area contributed by atoms with Gasteiger partial charge < -0.3 is 9.47 Å². The van der Waals surface area contributed by atoms with E-state index in [1.54, 1.807) is 0 Å². The third-order valence-electron chi connectivity index (χ3n) is 3.93. The van der Waals surface area contributed by atoms with Crippen LogP contribution in [0.1, 0.15) is 58.8 Å². The average molecular weight is 278 g/mol. The van der Waals surface area contributed by atoms with E-state index in [9.17, 15) is 4.79 Å². The van der Waals surface area contributed by atoms with Gasteiger partial charge in [-0.15, -0.1) is 0 Å². The monoisotopic (exact) mass is 278 g/mol. The number of allylic oxidation sites excluding steroid dienone is 3. The molecule has 0 bridgehead atoms. The van der Waals surface area contributed by atoms with Crippen molar-refractivity contribution in [1.29, 1.82) is 0 Å². The van der Waals surface area contributed by atoms with E-state index < -0.39 is 5.79 Å². The molecule has 112 valence electrons. The molecular weight excluding hydrogens is 252 g/mol. The van der Waals surface area contributed by atoms with Gasteiger partial charge in [-0.25, -0.2) is 0 Å². The number of hydrogen-bond donors (Lipinski definition) is 0. The van der Waals surface area contributed by atoms with Crippen LogP contribution in [0.15, 0.2) is 23.3 Å². The highest BCUT2D eigenvalue weighted by molar-refractivity contribution is 5.97. The molecule has 1 aliphatic heterocycles. The number of carbonyl (C=O) groups excluding carboxylic acids is 1. The standard InChI is InChI=1S/C17H26O3/c1-14(2)8-4-3-5-10-16(18)15-9-6-7-11-17(15)19-12-13-20-17/h8-9H,3-7,10-13H2,1-2H3. The fourth-order valence-corrected chi connectivity index (χ4v) is 2.91. The van der Waals surface area contributed by atoms with Gasteiger partial charge in [0.1, 0.15) is 0 Å². The molecular formula is C17H26O3. The van der Waals surface area contributed by atoms with Crippen molar-refractivity contribution in [2.45, 2.75) is 64.6 Å². The molecule has 20 heavy (non-hydrogen) atoms. The van der Waals surface area contributed by atoms with Gasteiger partial charge in [-0.1, -0.05) is 17.7 Å². The van der Waals surface area contributed by atoms with E-state index in [-0.39, 0.29) is 5.78 Å². The Hall–Kier alpha value is -0.930. The Morgan fingerprint density at radius 3 is 2.75 bits per heavy atom. The fourth-order valence-electron chi connectivity index (χ4n) is 2.91. The molecule has 1 saturated heterocycles. The normalized spacial score (nSPS) is 20.8. The minimum Gasteiger partial charge on any atom is -0.343 e. The van der Waals surface area contributed by atoms with Gasteiger partial charge in [-0.05, 0) is 46.0 Å². The van der Waals surface area contributed by atoms with Crippen LogP contribution in [0.2, 0.25) is 0 Å². The molecule has 0 aromatic carbocycles. The second kappa shape index (κ2) is 7.19. The largest absolute Gasteiger partial charge is 0.343 e. The molecule has 2 rings (SSSR count). The number of rotatable bonds is 6. The molecule has 1 spiro atoms. The maximum atomic E-state index is 12.4. The molecule has 0 aromatic rings. The lowest BCUT2D eigenvalue weighted by Gasteiger charge is -2.32. The SMILES string of the molecule is CC(C)=CCCCCC(=O)C1=CCCCC12OCCO2. The molecule has 1 fully saturated rings.